The molecule has 0 bridgehead atoms. The summed E-state index contributed by atoms with van der Waals surface area (Å²) < 4.78 is 0.789. The van der Waals surface area contributed by atoms with Crippen LogP contribution in [0.2, 0.25) is 0 Å². The Hall–Kier alpha value is -1.01. The highest BCUT2D eigenvalue weighted by atomic mass is 79.9. The molecular formula is C8H5BrN2O2S. The third-order valence-corrected chi connectivity index (χ3v) is 3.22. The molecule has 0 fully saturated rings. The lowest BCUT2D eigenvalue weighted by Gasteiger charge is -2.08. The standard InChI is InChI=1S/C8H5BrN2O2S/c1-4-2-6(12)11(7(4)13)8-10-3-5(9)14-8/h2-3H,1H3. The maximum Gasteiger partial charge on any atom is 0.263 e. The van der Waals surface area contributed by atoms with E-state index in [1.807, 2.05) is 0 Å². The number of hydrogen-bond acceptors (Lipinski definition) is 4. The zero-order valence-corrected chi connectivity index (χ0v) is 9.55. The van der Waals surface area contributed by atoms with Crippen molar-refractivity contribution in [3.05, 3.63) is 21.6 Å². The quantitative estimate of drug-likeness (QED) is 0.732. The van der Waals surface area contributed by atoms with Gasteiger partial charge in [-0.1, -0.05) is 11.3 Å². The van der Waals surface area contributed by atoms with Gasteiger partial charge in [0.2, 0.25) is 5.13 Å². The number of thiazole rings is 1. The number of carbonyl (C=O) groups is 2. The molecule has 0 saturated carbocycles. The molecule has 0 unspecified atom stereocenters. The van der Waals surface area contributed by atoms with Crippen molar-refractivity contribution in [2.45, 2.75) is 6.92 Å². The molecule has 1 aromatic heterocycles. The van der Waals surface area contributed by atoms with Gasteiger partial charge in [0.15, 0.2) is 0 Å². The van der Waals surface area contributed by atoms with E-state index >= 15 is 0 Å². The van der Waals surface area contributed by atoms with Crippen molar-refractivity contribution in [2.24, 2.45) is 0 Å². The van der Waals surface area contributed by atoms with Gasteiger partial charge in [-0.2, -0.15) is 0 Å². The SMILES string of the molecule is CC1=CC(=O)N(c2ncc(Br)s2)C1=O. The molecule has 0 atom stereocenters. The van der Waals surface area contributed by atoms with Crippen LogP contribution < -0.4 is 4.90 Å². The molecule has 1 aliphatic rings. The van der Waals surface area contributed by atoms with Crippen molar-refractivity contribution >= 4 is 44.2 Å². The summed E-state index contributed by atoms with van der Waals surface area (Å²) >= 11 is 4.47. The Morgan fingerprint density at radius 1 is 1.50 bits per heavy atom. The Morgan fingerprint density at radius 2 is 2.21 bits per heavy atom. The van der Waals surface area contributed by atoms with Crippen molar-refractivity contribution < 1.29 is 9.59 Å². The molecular weight excluding hydrogens is 268 g/mol. The largest absolute Gasteiger partial charge is 0.269 e. The van der Waals surface area contributed by atoms with Gasteiger partial charge in [-0.15, -0.1) is 0 Å². The normalized spacial score (nSPS) is 16.4. The minimum atomic E-state index is -0.325. The van der Waals surface area contributed by atoms with Crippen molar-refractivity contribution in [1.82, 2.24) is 4.98 Å². The third kappa shape index (κ3) is 1.40. The number of imide groups is 1. The molecule has 0 aromatic carbocycles. The fourth-order valence-electron chi connectivity index (χ4n) is 1.12. The van der Waals surface area contributed by atoms with Gasteiger partial charge in [-0.3, -0.25) is 9.59 Å². The maximum atomic E-state index is 11.5. The lowest BCUT2D eigenvalue weighted by Crippen LogP contribution is -2.30. The highest BCUT2D eigenvalue weighted by Gasteiger charge is 2.31. The summed E-state index contributed by atoms with van der Waals surface area (Å²) in [6, 6.07) is 0. The van der Waals surface area contributed by atoms with Crippen LogP contribution in [0.4, 0.5) is 5.13 Å². The smallest absolute Gasteiger partial charge is 0.263 e. The van der Waals surface area contributed by atoms with E-state index in [1.54, 1.807) is 13.1 Å². The summed E-state index contributed by atoms with van der Waals surface area (Å²) in [5.41, 5.74) is 0.446. The molecule has 4 nitrogen and oxygen atoms in total. The molecule has 14 heavy (non-hydrogen) atoms. The number of halogens is 1. The number of carbonyl (C=O) groups excluding carboxylic acids is 2. The van der Waals surface area contributed by atoms with Gasteiger partial charge in [-0.25, -0.2) is 9.88 Å². The van der Waals surface area contributed by atoms with Crippen LogP contribution in [0.5, 0.6) is 0 Å². The summed E-state index contributed by atoms with van der Waals surface area (Å²) in [6.07, 6.45) is 2.88. The Morgan fingerprint density at radius 3 is 2.64 bits per heavy atom. The molecule has 0 N–H and O–H groups in total. The van der Waals surface area contributed by atoms with Gasteiger partial charge >= 0.3 is 0 Å². The van der Waals surface area contributed by atoms with Gasteiger partial charge in [0, 0.05) is 11.6 Å². The van der Waals surface area contributed by atoms with Crippen LogP contribution in [0, 0.1) is 0 Å². The number of hydrogen-bond donors (Lipinski definition) is 0. The van der Waals surface area contributed by atoms with Gasteiger partial charge in [0.1, 0.15) is 0 Å². The van der Waals surface area contributed by atoms with Crippen molar-refractivity contribution in [1.29, 1.82) is 0 Å². The average Bonchev–Trinajstić information content (AvgIpc) is 2.60. The molecule has 6 heteroatoms. The lowest BCUT2D eigenvalue weighted by molar-refractivity contribution is -0.120. The van der Waals surface area contributed by atoms with E-state index in [-0.39, 0.29) is 11.8 Å². The minimum Gasteiger partial charge on any atom is -0.269 e. The Bertz CT molecular complexity index is 452. The second-order valence-corrected chi connectivity index (χ2v) is 5.14. The Balaban J connectivity index is 2.38. The predicted octanol–water partition coefficient (Wildman–Crippen LogP) is 1.73. The predicted molar refractivity (Wildman–Crippen MR) is 56.1 cm³/mol. The van der Waals surface area contributed by atoms with E-state index in [4.69, 9.17) is 0 Å². The molecule has 0 saturated heterocycles. The van der Waals surface area contributed by atoms with E-state index < -0.39 is 0 Å². The Labute approximate surface area is 92.4 Å². The van der Waals surface area contributed by atoms with E-state index in [0.717, 1.165) is 8.69 Å². The number of aromatic nitrogens is 1. The molecule has 2 amide bonds. The second-order valence-electron chi connectivity index (χ2n) is 2.75. The summed E-state index contributed by atoms with van der Waals surface area (Å²) in [5.74, 6) is -0.619. The van der Waals surface area contributed by atoms with Crippen LogP contribution in [0.3, 0.4) is 0 Å². The molecule has 0 radical (unpaired) electrons. The van der Waals surface area contributed by atoms with Crippen LogP contribution in [0.15, 0.2) is 21.6 Å². The molecule has 0 aliphatic carbocycles. The van der Waals surface area contributed by atoms with E-state index in [0.29, 0.717) is 10.7 Å². The van der Waals surface area contributed by atoms with Crippen molar-refractivity contribution in [3.63, 3.8) is 0 Å². The highest BCUT2D eigenvalue weighted by Crippen LogP contribution is 2.29. The van der Waals surface area contributed by atoms with Crippen molar-refractivity contribution in [2.75, 3.05) is 4.90 Å². The fraction of sp³-hybridized carbons (Fsp3) is 0.125. The van der Waals surface area contributed by atoms with E-state index in [9.17, 15) is 9.59 Å². The van der Waals surface area contributed by atoms with Crippen LogP contribution in [0.25, 0.3) is 0 Å². The third-order valence-electron chi connectivity index (χ3n) is 1.76. The van der Waals surface area contributed by atoms with Crippen LogP contribution >= 0.6 is 27.3 Å². The highest BCUT2D eigenvalue weighted by molar-refractivity contribution is 9.11. The fourth-order valence-corrected chi connectivity index (χ4v) is 2.30. The summed E-state index contributed by atoms with van der Waals surface area (Å²) in [5, 5.41) is 0.403. The van der Waals surface area contributed by atoms with Crippen LogP contribution in [0.1, 0.15) is 6.92 Å². The number of anilines is 1. The van der Waals surface area contributed by atoms with Gasteiger partial charge in [0.05, 0.1) is 9.98 Å². The monoisotopic (exact) mass is 272 g/mol. The maximum absolute atomic E-state index is 11.5. The first kappa shape index (κ1) is 9.54. The summed E-state index contributed by atoms with van der Waals surface area (Å²) in [6.45, 7) is 1.61. The first-order valence-electron chi connectivity index (χ1n) is 3.77. The zero-order chi connectivity index (χ0) is 10.3. The topological polar surface area (TPSA) is 50.3 Å². The first-order valence-corrected chi connectivity index (χ1v) is 5.38. The van der Waals surface area contributed by atoms with Crippen LogP contribution in [-0.2, 0) is 9.59 Å². The number of nitrogens with zero attached hydrogens (tertiary/aromatic N) is 2. The number of rotatable bonds is 1. The molecule has 1 aromatic rings. The van der Waals surface area contributed by atoms with Crippen molar-refractivity contribution in [3.8, 4) is 0 Å². The minimum absolute atomic E-state index is 0.295. The van der Waals surface area contributed by atoms with Crippen LogP contribution in [-0.4, -0.2) is 16.8 Å². The van der Waals surface area contributed by atoms with E-state index in [2.05, 4.69) is 20.9 Å². The molecule has 0 spiro atoms. The second kappa shape index (κ2) is 3.29. The summed E-state index contributed by atoms with van der Waals surface area (Å²) in [7, 11) is 0. The van der Waals surface area contributed by atoms with Gasteiger partial charge in [-0.05, 0) is 22.9 Å². The first-order chi connectivity index (χ1) is 6.59. The molecule has 1 aliphatic heterocycles. The molecule has 2 heterocycles. The Kier molecular flexibility index (Phi) is 2.24. The molecule has 72 valence electrons. The van der Waals surface area contributed by atoms with Gasteiger partial charge < -0.3 is 0 Å². The van der Waals surface area contributed by atoms with E-state index in [1.165, 1.54) is 17.4 Å². The molecule has 2 rings (SSSR count). The zero-order valence-electron chi connectivity index (χ0n) is 7.15. The number of amides is 2. The summed E-state index contributed by atoms with van der Waals surface area (Å²) in [4.78, 5) is 27.9. The lowest BCUT2D eigenvalue weighted by atomic mass is 10.3. The van der Waals surface area contributed by atoms with Gasteiger partial charge in [0.25, 0.3) is 11.8 Å². The average molecular weight is 273 g/mol.